The molecular formula is C17H19N5O2. The first kappa shape index (κ1) is 14.9. The van der Waals surface area contributed by atoms with Crippen molar-refractivity contribution in [3.63, 3.8) is 0 Å². The van der Waals surface area contributed by atoms with Crippen LogP contribution in [0.15, 0.2) is 29.2 Å². The topological polar surface area (TPSA) is 77.0 Å². The van der Waals surface area contributed by atoms with Crippen LogP contribution in [-0.4, -0.2) is 43.3 Å². The Morgan fingerprint density at radius 3 is 3.04 bits per heavy atom. The van der Waals surface area contributed by atoms with Gasteiger partial charge in [-0.05, 0) is 38.3 Å². The maximum atomic E-state index is 12.9. The average Bonchev–Trinajstić information content (AvgIpc) is 3.29. The molecule has 124 valence electrons. The summed E-state index contributed by atoms with van der Waals surface area (Å²) in [5.74, 6) is 0.0105. The minimum Gasteiger partial charge on any atom is -0.336 e. The molecule has 1 amide bonds. The molecule has 7 heteroatoms. The summed E-state index contributed by atoms with van der Waals surface area (Å²) in [6.45, 7) is 5.36. The number of amides is 1. The van der Waals surface area contributed by atoms with Gasteiger partial charge >= 0.3 is 0 Å². The Labute approximate surface area is 139 Å². The Morgan fingerprint density at radius 1 is 1.38 bits per heavy atom. The zero-order valence-electron chi connectivity index (χ0n) is 13.8. The molecule has 1 aliphatic rings. The van der Waals surface area contributed by atoms with Crippen molar-refractivity contribution in [2.45, 2.75) is 39.3 Å². The van der Waals surface area contributed by atoms with Gasteiger partial charge in [-0.1, -0.05) is 5.16 Å². The van der Waals surface area contributed by atoms with Crippen molar-refractivity contribution in [2.24, 2.45) is 0 Å². The molecule has 0 spiro atoms. The van der Waals surface area contributed by atoms with Crippen molar-refractivity contribution in [1.29, 1.82) is 0 Å². The predicted octanol–water partition coefficient (Wildman–Crippen LogP) is 2.34. The molecule has 0 aromatic carbocycles. The van der Waals surface area contributed by atoms with Gasteiger partial charge in [-0.25, -0.2) is 4.98 Å². The summed E-state index contributed by atoms with van der Waals surface area (Å²) >= 11 is 0. The van der Waals surface area contributed by atoms with Gasteiger partial charge in [0, 0.05) is 18.9 Å². The minimum absolute atomic E-state index is 0.0105. The van der Waals surface area contributed by atoms with Crippen molar-refractivity contribution in [1.82, 2.24) is 24.8 Å². The molecule has 1 aliphatic heterocycles. The normalized spacial score (nSPS) is 17.8. The molecule has 24 heavy (non-hydrogen) atoms. The van der Waals surface area contributed by atoms with Crippen LogP contribution in [0, 0.1) is 13.8 Å². The van der Waals surface area contributed by atoms with E-state index in [1.165, 1.54) is 0 Å². The Hall–Kier alpha value is -2.70. The largest absolute Gasteiger partial charge is 0.336 e. The first-order valence-electron chi connectivity index (χ1n) is 8.14. The number of aryl methyl sites for hydroxylation is 2. The number of hydrogen-bond acceptors (Lipinski definition) is 5. The number of carbonyl (C=O) groups excluding carboxylic acids is 1. The molecule has 3 aromatic rings. The molecule has 0 aliphatic carbocycles. The van der Waals surface area contributed by atoms with Crippen LogP contribution in [0.4, 0.5) is 0 Å². The molecule has 1 atom stereocenters. The molecular weight excluding hydrogens is 306 g/mol. The van der Waals surface area contributed by atoms with Crippen molar-refractivity contribution in [3.05, 3.63) is 41.5 Å². The van der Waals surface area contributed by atoms with Gasteiger partial charge in [0.2, 0.25) is 0 Å². The number of nitrogens with zero attached hydrogens (tertiary/aromatic N) is 5. The Kier molecular flexibility index (Phi) is 3.55. The van der Waals surface area contributed by atoms with E-state index in [0.29, 0.717) is 11.3 Å². The van der Waals surface area contributed by atoms with E-state index >= 15 is 0 Å². The molecule has 7 nitrogen and oxygen atoms in total. The lowest BCUT2D eigenvalue weighted by atomic mass is 10.1. The van der Waals surface area contributed by atoms with E-state index in [1.807, 2.05) is 41.9 Å². The summed E-state index contributed by atoms with van der Waals surface area (Å²) in [5, 5.41) is 9.02. The molecule has 0 saturated carbocycles. The van der Waals surface area contributed by atoms with Gasteiger partial charge in [0.1, 0.15) is 0 Å². The summed E-state index contributed by atoms with van der Waals surface area (Å²) in [5.41, 5.74) is 2.92. The van der Waals surface area contributed by atoms with Crippen LogP contribution in [0.25, 0.3) is 11.1 Å². The van der Waals surface area contributed by atoms with Gasteiger partial charge < -0.3 is 9.42 Å². The van der Waals surface area contributed by atoms with Crippen LogP contribution in [0.1, 0.15) is 34.5 Å². The smallest absolute Gasteiger partial charge is 0.257 e. The van der Waals surface area contributed by atoms with Crippen molar-refractivity contribution >= 4 is 17.0 Å². The fourth-order valence-electron chi connectivity index (χ4n) is 3.30. The van der Waals surface area contributed by atoms with Gasteiger partial charge in [-0.3, -0.25) is 9.48 Å². The minimum atomic E-state index is 0.0105. The second kappa shape index (κ2) is 5.74. The van der Waals surface area contributed by atoms with Crippen molar-refractivity contribution in [2.75, 3.05) is 6.54 Å². The monoisotopic (exact) mass is 325 g/mol. The molecule has 1 fully saturated rings. The van der Waals surface area contributed by atoms with E-state index in [9.17, 15) is 4.79 Å². The van der Waals surface area contributed by atoms with Gasteiger partial charge in [-0.15, -0.1) is 0 Å². The highest BCUT2D eigenvalue weighted by atomic mass is 16.5. The van der Waals surface area contributed by atoms with Crippen LogP contribution < -0.4 is 0 Å². The number of likely N-dealkylation sites (tertiary alicyclic amines) is 1. The highest BCUT2D eigenvalue weighted by Crippen LogP contribution is 2.23. The molecule has 0 unspecified atom stereocenters. The van der Waals surface area contributed by atoms with E-state index in [0.717, 1.165) is 42.6 Å². The van der Waals surface area contributed by atoms with Crippen LogP contribution in [0.3, 0.4) is 0 Å². The zero-order valence-corrected chi connectivity index (χ0v) is 13.8. The van der Waals surface area contributed by atoms with Crippen LogP contribution in [0.5, 0.6) is 0 Å². The van der Waals surface area contributed by atoms with Crippen LogP contribution in [0.2, 0.25) is 0 Å². The molecule has 3 aromatic heterocycles. The average molecular weight is 325 g/mol. The number of aromatic nitrogens is 4. The number of pyridine rings is 1. The third-order valence-electron chi connectivity index (χ3n) is 4.56. The Balaban J connectivity index is 1.58. The SMILES string of the molecule is Cc1cnn(C[C@@H]2CCCN2C(=O)c2cnc3onc(C)c3c2)c1. The Morgan fingerprint density at radius 2 is 2.25 bits per heavy atom. The number of fused-ring (bicyclic) bond motifs is 1. The zero-order chi connectivity index (χ0) is 16.7. The summed E-state index contributed by atoms with van der Waals surface area (Å²) in [4.78, 5) is 19.1. The van der Waals surface area contributed by atoms with Crippen LogP contribution >= 0.6 is 0 Å². The van der Waals surface area contributed by atoms with Gasteiger partial charge in [-0.2, -0.15) is 5.10 Å². The summed E-state index contributed by atoms with van der Waals surface area (Å²) < 4.78 is 7.03. The standard InChI is InChI=1S/C17H19N5O2/c1-11-7-19-21(9-11)10-14-4-3-5-22(14)17(23)13-6-15-12(2)20-24-16(15)18-8-13/h6-9,14H,3-5,10H2,1-2H3/t14-/m0/s1. The molecule has 0 radical (unpaired) electrons. The highest BCUT2D eigenvalue weighted by molar-refractivity contribution is 5.97. The first-order chi connectivity index (χ1) is 11.6. The van der Waals surface area contributed by atoms with E-state index in [2.05, 4.69) is 15.2 Å². The van der Waals surface area contributed by atoms with E-state index < -0.39 is 0 Å². The van der Waals surface area contributed by atoms with E-state index in [1.54, 1.807) is 6.20 Å². The lowest BCUT2D eigenvalue weighted by molar-refractivity contribution is 0.0721. The number of hydrogen-bond donors (Lipinski definition) is 0. The number of carbonyl (C=O) groups is 1. The molecule has 1 saturated heterocycles. The highest BCUT2D eigenvalue weighted by Gasteiger charge is 2.30. The lowest BCUT2D eigenvalue weighted by Gasteiger charge is -2.24. The lowest BCUT2D eigenvalue weighted by Crippen LogP contribution is -2.38. The molecule has 0 N–H and O–H groups in total. The van der Waals surface area contributed by atoms with Gasteiger partial charge in [0.25, 0.3) is 11.6 Å². The van der Waals surface area contributed by atoms with E-state index in [-0.39, 0.29) is 11.9 Å². The molecule has 4 heterocycles. The van der Waals surface area contributed by atoms with Crippen molar-refractivity contribution in [3.8, 4) is 0 Å². The van der Waals surface area contributed by atoms with Crippen LogP contribution in [-0.2, 0) is 6.54 Å². The molecule has 4 rings (SSSR count). The second-order valence-electron chi connectivity index (χ2n) is 6.38. The maximum absolute atomic E-state index is 12.9. The third kappa shape index (κ3) is 2.55. The van der Waals surface area contributed by atoms with E-state index in [4.69, 9.17) is 4.52 Å². The first-order valence-corrected chi connectivity index (χ1v) is 8.14. The quantitative estimate of drug-likeness (QED) is 0.738. The fraction of sp³-hybridized carbons (Fsp3) is 0.412. The van der Waals surface area contributed by atoms with Gasteiger partial charge in [0.15, 0.2) is 0 Å². The third-order valence-corrected chi connectivity index (χ3v) is 4.56. The van der Waals surface area contributed by atoms with Crippen molar-refractivity contribution < 1.29 is 9.32 Å². The summed E-state index contributed by atoms with van der Waals surface area (Å²) in [6.07, 6.45) is 7.43. The summed E-state index contributed by atoms with van der Waals surface area (Å²) in [6, 6.07) is 1.99. The second-order valence-corrected chi connectivity index (χ2v) is 6.38. The molecule has 0 bridgehead atoms. The number of rotatable bonds is 3. The fourth-order valence-corrected chi connectivity index (χ4v) is 3.30. The predicted molar refractivity (Wildman–Crippen MR) is 87.6 cm³/mol. The maximum Gasteiger partial charge on any atom is 0.257 e. The summed E-state index contributed by atoms with van der Waals surface area (Å²) in [7, 11) is 0. The Bertz CT molecular complexity index is 897. The van der Waals surface area contributed by atoms with Gasteiger partial charge in [0.05, 0.1) is 35.4 Å².